The molecule has 1 nitrogen and oxygen atoms in total. The van der Waals surface area contributed by atoms with Gasteiger partial charge in [-0.2, -0.15) is 0 Å². The van der Waals surface area contributed by atoms with Crippen molar-refractivity contribution < 1.29 is 4.74 Å². The first-order valence-electron chi connectivity index (χ1n) is 8.12. The number of rotatable bonds is 6. The maximum Gasteiger partial charge on any atom is 0.143 e. The first-order valence-corrected chi connectivity index (χ1v) is 8.12. The van der Waals surface area contributed by atoms with Gasteiger partial charge >= 0.3 is 0 Å². The van der Waals surface area contributed by atoms with Crippen LogP contribution in [0.4, 0.5) is 0 Å². The zero-order valence-electron chi connectivity index (χ0n) is 13.6. The highest BCUT2D eigenvalue weighted by Gasteiger charge is 2.37. The van der Waals surface area contributed by atoms with Gasteiger partial charge in [0.25, 0.3) is 0 Å². The minimum Gasteiger partial charge on any atom is -0.360 e. The van der Waals surface area contributed by atoms with E-state index in [-0.39, 0.29) is 0 Å². The molecule has 0 fully saturated rings. The minimum atomic E-state index is -0.666. The maximum absolute atomic E-state index is 6.49. The Morgan fingerprint density at radius 3 is 1.38 bits per heavy atom. The molecule has 0 heterocycles. The molecule has 0 aromatic heterocycles. The van der Waals surface area contributed by atoms with Crippen molar-refractivity contribution in [3.05, 3.63) is 108 Å². The molecule has 3 rings (SSSR count). The third-order valence-corrected chi connectivity index (χ3v) is 4.11. The smallest absolute Gasteiger partial charge is 0.143 e. The molecule has 118 valence electrons. The summed E-state index contributed by atoms with van der Waals surface area (Å²) in [6.07, 6.45) is 6.02. The number of ether oxygens (including phenoxy) is 1. The summed E-state index contributed by atoms with van der Waals surface area (Å²) in [6.45, 7) is 0.495. The molecule has 0 spiro atoms. The standard InChI is InChI=1S/C23H20O/c1-2-3-19-24-23(20-13-7-4-8-14-20,21-15-9-5-10-16-21)22-17-11-6-12-18-22/h1,4-18H,3,19H2. The normalized spacial score (nSPS) is 11.0. The number of terminal acetylenes is 1. The molecule has 0 atom stereocenters. The van der Waals surface area contributed by atoms with Crippen molar-refractivity contribution in [1.82, 2.24) is 0 Å². The van der Waals surface area contributed by atoms with Crippen LogP contribution in [-0.2, 0) is 10.3 Å². The monoisotopic (exact) mass is 312 g/mol. The molecule has 1 heteroatoms. The summed E-state index contributed by atoms with van der Waals surface area (Å²) in [4.78, 5) is 0. The van der Waals surface area contributed by atoms with Gasteiger partial charge in [-0.3, -0.25) is 0 Å². The van der Waals surface area contributed by atoms with Crippen molar-refractivity contribution in [2.45, 2.75) is 12.0 Å². The second-order valence-electron chi connectivity index (χ2n) is 5.58. The van der Waals surface area contributed by atoms with Gasteiger partial charge in [-0.1, -0.05) is 91.0 Å². The Morgan fingerprint density at radius 2 is 1.04 bits per heavy atom. The molecule has 0 bridgehead atoms. The quantitative estimate of drug-likeness (QED) is 0.353. The first kappa shape index (κ1) is 16.1. The molecule has 0 saturated carbocycles. The largest absolute Gasteiger partial charge is 0.360 e. The highest BCUT2D eigenvalue weighted by Crippen LogP contribution is 2.40. The highest BCUT2D eigenvalue weighted by atomic mass is 16.5. The molecular weight excluding hydrogens is 292 g/mol. The van der Waals surface area contributed by atoms with E-state index in [1.165, 1.54) is 0 Å². The lowest BCUT2D eigenvalue weighted by molar-refractivity contribution is 0.0165. The van der Waals surface area contributed by atoms with Gasteiger partial charge in [0.1, 0.15) is 5.60 Å². The number of hydrogen-bond acceptors (Lipinski definition) is 1. The van der Waals surface area contributed by atoms with Crippen LogP contribution in [0.3, 0.4) is 0 Å². The summed E-state index contributed by atoms with van der Waals surface area (Å²) in [7, 11) is 0. The van der Waals surface area contributed by atoms with Gasteiger partial charge in [0.2, 0.25) is 0 Å². The van der Waals surface area contributed by atoms with Crippen LogP contribution in [0.1, 0.15) is 23.1 Å². The van der Waals surface area contributed by atoms with Crippen LogP contribution in [0.25, 0.3) is 0 Å². The van der Waals surface area contributed by atoms with Crippen molar-refractivity contribution >= 4 is 0 Å². The molecule has 0 aliphatic heterocycles. The molecule has 0 N–H and O–H groups in total. The molecule has 0 unspecified atom stereocenters. The highest BCUT2D eigenvalue weighted by molar-refractivity contribution is 5.47. The van der Waals surface area contributed by atoms with E-state index in [0.717, 1.165) is 16.7 Å². The minimum absolute atomic E-state index is 0.495. The van der Waals surface area contributed by atoms with Crippen LogP contribution in [0, 0.1) is 12.3 Å². The zero-order chi connectivity index (χ0) is 16.7. The Labute approximate surface area is 143 Å². The number of benzene rings is 3. The lowest BCUT2D eigenvalue weighted by Gasteiger charge is -2.35. The maximum atomic E-state index is 6.49. The Balaban J connectivity index is 2.22. The van der Waals surface area contributed by atoms with Crippen molar-refractivity contribution in [3.8, 4) is 12.3 Å². The van der Waals surface area contributed by atoms with Crippen LogP contribution in [-0.4, -0.2) is 6.61 Å². The SMILES string of the molecule is C#CCCOC(c1ccccc1)(c1ccccc1)c1ccccc1. The van der Waals surface area contributed by atoms with E-state index in [2.05, 4.69) is 42.3 Å². The van der Waals surface area contributed by atoms with Gasteiger partial charge in [0, 0.05) is 6.42 Å². The van der Waals surface area contributed by atoms with E-state index in [0.29, 0.717) is 13.0 Å². The molecule has 24 heavy (non-hydrogen) atoms. The van der Waals surface area contributed by atoms with Crippen LogP contribution in [0.5, 0.6) is 0 Å². The summed E-state index contributed by atoms with van der Waals surface area (Å²) in [5.74, 6) is 2.67. The third-order valence-electron chi connectivity index (χ3n) is 4.11. The Bertz CT molecular complexity index is 689. The predicted molar refractivity (Wildman–Crippen MR) is 98.6 cm³/mol. The van der Waals surface area contributed by atoms with Gasteiger partial charge in [0.05, 0.1) is 6.61 Å². The van der Waals surface area contributed by atoms with E-state index in [4.69, 9.17) is 11.2 Å². The van der Waals surface area contributed by atoms with Crippen molar-refractivity contribution in [1.29, 1.82) is 0 Å². The lowest BCUT2D eigenvalue weighted by Crippen LogP contribution is -2.33. The Morgan fingerprint density at radius 1 is 0.667 bits per heavy atom. The van der Waals surface area contributed by atoms with E-state index in [1.807, 2.05) is 54.6 Å². The van der Waals surface area contributed by atoms with Crippen LogP contribution >= 0.6 is 0 Å². The van der Waals surface area contributed by atoms with Crippen LogP contribution < -0.4 is 0 Å². The Kier molecular flexibility index (Phi) is 5.11. The first-order chi connectivity index (χ1) is 11.9. The van der Waals surface area contributed by atoms with Crippen molar-refractivity contribution in [2.75, 3.05) is 6.61 Å². The van der Waals surface area contributed by atoms with E-state index < -0.39 is 5.60 Å². The fourth-order valence-electron chi connectivity index (χ4n) is 3.03. The van der Waals surface area contributed by atoms with E-state index >= 15 is 0 Å². The summed E-state index contributed by atoms with van der Waals surface area (Å²) in [5.41, 5.74) is 2.62. The second kappa shape index (κ2) is 7.64. The Hall–Kier alpha value is -2.82. The number of hydrogen-bond donors (Lipinski definition) is 0. The average molecular weight is 312 g/mol. The summed E-state index contributed by atoms with van der Waals surface area (Å²) in [5, 5.41) is 0. The average Bonchev–Trinajstić information content (AvgIpc) is 2.68. The van der Waals surface area contributed by atoms with Gasteiger partial charge in [0.15, 0.2) is 0 Å². The van der Waals surface area contributed by atoms with Gasteiger partial charge in [-0.05, 0) is 16.7 Å². The van der Waals surface area contributed by atoms with E-state index in [1.54, 1.807) is 0 Å². The third kappa shape index (κ3) is 3.11. The van der Waals surface area contributed by atoms with Gasteiger partial charge in [-0.15, -0.1) is 12.3 Å². The predicted octanol–water partition coefficient (Wildman–Crippen LogP) is 5.02. The molecule has 0 amide bonds. The van der Waals surface area contributed by atoms with Crippen LogP contribution in [0.15, 0.2) is 91.0 Å². The second-order valence-corrected chi connectivity index (χ2v) is 5.58. The van der Waals surface area contributed by atoms with Gasteiger partial charge < -0.3 is 4.74 Å². The van der Waals surface area contributed by atoms with Crippen molar-refractivity contribution in [2.24, 2.45) is 0 Å². The molecular formula is C23H20O. The lowest BCUT2D eigenvalue weighted by atomic mass is 9.80. The molecule has 0 saturated heterocycles. The topological polar surface area (TPSA) is 9.23 Å². The van der Waals surface area contributed by atoms with E-state index in [9.17, 15) is 0 Å². The zero-order valence-corrected chi connectivity index (χ0v) is 13.6. The molecule has 0 aliphatic rings. The van der Waals surface area contributed by atoms with Gasteiger partial charge in [-0.25, -0.2) is 0 Å². The van der Waals surface area contributed by atoms with Crippen molar-refractivity contribution in [3.63, 3.8) is 0 Å². The fourth-order valence-corrected chi connectivity index (χ4v) is 3.03. The summed E-state index contributed by atoms with van der Waals surface area (Å²) >= 11 is 0. The molecule has 0 radical (unpaired) electrons. The molecule has 3 aromatic rings. The summed E-state index contributed by atoms with van der Waals surface area (Å²) in [6, 6.07) is 31.0. The molecule has 3 aromatic carbocycles. The fraction of sp³-hybridized carbons (Fsp3) is 0.130. The van der Waals surface area contributed by atoms with Crippen LogP contribution in [0.2, 0.25) is 0 Å². The summed E-state index contributed by atoms with van der Waals surface area (Å²) < 4.78 is 6.49. The molecule has 0 aliphatic carbocycles.